The van der Waals surface area contributed by atoms with Crippen molar-refractivity contribution in [3.63, 3.8) is 0 Å². The van der Waals surface area contributed by atoms with Gasteiger partial charge in [0.25, 0.3) is 0 Å². The van der Waals surface area contributed by atoms with Crippen LogP contribution < -0.4 is 10.1 Å². The van der Waals surface area contributed by atoms with Gasteiger partial charge in [-0.25, -0.2) is 0 Å². The molecule has 0 spiro atoms. The first kappa shape index (κ1) is 16.3. The molecule has 3 heteroatoms. The normalized spacial score (nSPS) is 17.7. The standard InChI is InChI=1S/C18H29NO2/c1-14-8-15(2)10-18(9-14)21-13-17(20)12-19-11-16-6-4-3-5-7-16/h8-10,16-17,19-20H,3-7,11-13H2,1-2H3. The van der Waals surface area contributed by atoms with Crippen LogP contribution in [-0.2, 0) is 0 Å². The van der Waals surface area contributed by atoms with Crippen molar-refractivity contribution >= 4 is 0 Å². The number of ether oxygens (including phenoxy) is 1. The van der Waals surface area contributed by atoms with E-state index in [9.17, 15) is 5.11 Å². The number of aliphatic hydroxyl groups is 1. The zero-order valence-corrected chi connectivity index (χ0v) is 13.4. The van der Waals surface area contributed by atoms with Gasteiger partial charge < -0.3 is 15.2 Å². The molecule has 118 valence electrons. The molecule has 0 amide bonds. The molecule has 0 aromatic heterocycles. The second kappa shape index (κ2) is 8.40. The van der Waals surface area contributed by atoms with Crippen LogP contribution in [0.5, 0.6) is 5.75 Å². The molecule has 1 aromatic carbocycles. The van der Waals surface area contributed by atoms with E-state index in [-0.39, 0.29) is 0 Å². The molecule has 2 N–H and O–H groups in total. The van der Waals surface area contributed by atoms with E-state index >= 15 is 0 Å². The van der Waals surface area contributed by atoms with E-state index in [1.54, 1.807) is 0 Å². The third-order valence-corrected chi connectivity index (χ3v) is 4.18. The Morgan fingerprint density at radius 2 is 1.81 bits per heavy atom. The van der Waals surface area contributed by atoms with E-state index in [1.807, 2.05) is 12.1 Å². The van der Waals surface area contributed by atoms with Crippen molar-refractivity contribution in [2.75, 3.05) is 19.7 Å². The zero-order chi connectivity index (χ0) is 15.1. The Bertz CT molecular complexity index is 407. The summed E-state index contributed by atoms with van der Waals surface area (Å²) in [5.41, 5.74) is 2.38. The van der Waals surface area contributed by atoms with Gasteiger partial charge in [-0.2, -0.15) is 0 Å². The lowest BCUT2D eigenvalue weighted by molar-refractivity contribution is 0.105. The number of nitrogens with one attached hydrogen (secondary N) is 1. The minimum absolute atomic E-state index is 0.348. The highest BCUT2D eigenvalue weighted by Gasteiger charge is 2.13. The average Bonchev–Trinajstić information content (AvgIpc) is 2.45. The highest BCUT2D eigenvalue weighted by atomic mass is 16.5. The molecule has 0 bridgehead atoms. The van der Waals surface area contributed by atoms with Gasteiger partial charge in [0.1, 0.15) is 18.5 Å². The molecule has 0 heterocycles. The highest BCUT2D eigenvalue weighted by molar-refractivity contribution is 5.32. The monoisotopic (exact) mass is 291 g/mol. The molecule has 3 nitrogen and oxygen atoms in total. The Morgan fingerprint density at radius 1 is 1.14 bits per heavy atom. The lowest BCUT2D eigenvalue weighted by Gasteiger charge is -2.22. The van der Waals surface area contributed by atoms with E-state index in [0.29, 0.717) is 13.2 Å². The minimum atomic E-state index is -0.450. The van der Waals surface area contributed by atoms with Crippen LogP contribution >= 0.6 is 0 Å². The van der Waals surface area contributed by atoms with E-state index in [4.69, 9.17) is 4.74 Å². The second-order valence-electron chi connectivity index (χ2n) is 6.45. The van der Waals surface area contributed by atoms with Crippen LogP contribution in [0.4, 0.5) is 0 Å². The Hall–Kier alpha value is -1.06. The van der Waals surface area contributed by atoms with E-state index in [2.05, 4.69) is 25.2 Å². The van der Waals surface area contributed by atoms with Gasteiger partial charge in [-0.05, 0) is 62.4 Å². The predicted octanol–water partition coefficient (Wildman–Crippen LogP) is 3.21. The molecule has 1 aromatic rings. The maximum absolute atomic E-state index is 9.99. The molecule has 0 aliphatic heterocycles. The van der Waals surface area contributed by atoms with Crippen molar-refractivity contribution < 1.29 is 9.84 Å². The van der Waals surface area contributed by atoms with Gasteiger partial charge in [0.05, 0.1) is 0 Å². The molecule has 2 rings (SSSR count). The quantitative estimate of drug-likeness (QED) is 0.810. The summed E-state index contributed by atoms with van der Waals surface area (Å²) in [7, 11) is 0. The molecular formula is C18H29NO2. The molecule has 1 aliphatic rings. The first-order valence-electron chi connectivity index (χ1n) is 8.23. The van der Waals surface area contributed by atoms with Crippen LogP contribution in [0.25, 0.3) is 0 Å². The Balaban J connectivity index is 1.63. The molecule has 1 unspecified atom stereocenters. The molecular weight excluding hydrogens is 262 g/mol. The molecule has 1 fully saturated rings. The number of rotatable bonds is 7. The van der Waals surface area contributed by atoms with Crippen LogP contribution in [0, 0.1) is 19.8 Å². The third-order valence-electron chi connectivity index (χ3n) is 4.18. The summed E-state index contributed by atoms with van der Waals surface area (Å²) < 4.78 is 5.68. The van der Waals surface area contributed by atoms with E-state index < -0.39 is 6.10 Å². The average molecular weight is 291 g/mol. The van der Waals surface area contributed by atoms with E-state index in [0.717, 1.165) is 18.2 Å². The van der Waals surface area contributed by atoms with Gasteiger partial charge in [0, 0.05) is 6.54 Å². The van der Waals surface area contributed by atoms with Crippen molar-refractivity contribution in [1.82, 2.24) is 5.32 Å². The number of aliphatic hydroxyl groups excluding tert-OH is 1. The van der Waals surface area contributed by atoms with Crippen molar-refractivity contribution in [2.45, 2.75) is 52.1 Å². The lowest BCUT2D eigenvalue weighted by atomic mass is 9.89. The molecule has 0 radical (unpaired) electrons. The Labute approximate surface area is 128 Å². The van der Waals surface area contributed by atoms with Gasteiger partial charge >= 0.3 is 0 Å². The van der Waals surface area contributed by atoms with Crippen molar-refractivity contribution in [3.8, 4) is 5.75 Å². The van der Waals surface area contributed by atoms with Crippen LogP contribution in [0.2, 0.25) is 0 Å². The van der Waals surface area contributed by atoms with Crippen LogP contribution in [0.1, 0.15) is 43.2 Å². The second-order valence-corrected chi connectivity index (χ2v) is 6.45. The fourth-order valence-corrected chi connectivity index (χ4v) is 3.11. The lowest BCUT2D eigenvalue weighted by Crippen LogP contribution is -2.34. The summed E-state index contributed by atoms with van der Waals surface area (Å²) in [6, 6.07) is 6.14. The topological polar surface area (TPSA) is 41.5 Å². The number of aryl methyl sites for hydroxylation is 2. The van der Waals surface area contributed by atoms with Gasteiger partial charge in [-0.1, -0.05) is 25.3 Å². The summed E-state index contributed by atoms with van der Waals surface area (Å²) in [5.74, 6) is 1.64. The Kier molecular flexibility index (Phi) is 6.52. The summed E-state index contributed by atoms with van der Waals surface area (Å²) in [6.07, 6.45) is 6.34. The fourth-order valence-electron chi connectivity index (χ4n) is 3.11. The van der Waals surface area contributed by atoms with Crippen LogP contribution in [0.15, 0.2) is 18.2 Å². The van der Waals surface area contributed by atoms with Crippen molar-refractivity contribution in [2.24, 2.45) is 5.92 Å². The van der Waals surface area contributed by atoms with Crippen molar-refractivity contribution in [3.05, 3.63) is 29.3 Å². The first-order chi connectivity index (χ1) is 10.1. The number of hydrogen-bond donors (Lipinski definition) is 2. The predicted molar refractivity (Wildman–Crippen MR) is 86.9 cm³/mol. The number of hydrogen-bond acceptors (Lipinski definition) is 3. The van der Waals surface area contributed by atoms with E-state index in [1.165, 1.54) is 43.2 Å². The molecule has 1 atom stereocenters. The van der Waals surface area contributed by atoms with Gasteiger partial charge in [-0.3, -0.25) is 0 Å². The van der Waals surface area contributed by atoms with Gasteiger partial charge in [0.15, 0.2) is 0 Å². The van der Waals surface area contributed by atoms with Crippen LogP contribution in [-0.4, -0.2) is 30.9 Å². The summed E-state index contributed by atoms with van der Waals surface area (Å²) in [5, 5.41) is 13.4. The van der Waals surface area contributed by atoms with Gasteiger partial charge in [0.2, 0.25) is 0 Å². The maximum Gasteiger partial charge on any atom is 0.119 e. The molecule has 21 heavy (non-hydrogen) atoms. The first-order valence-corrected chi connectivity index (χ1v) is 8.23. The molecule has 1 saturated carbocycles. The zero-order valence-electron chi connectivity index (χ0n) is 13.4. The SMILES string of the molecule is Cc1cc(C)cc(OCC(O)CNCC2CCCCC2)c1. The summed E-state index contributed by atoms with van der Waals surface area (Å²) in [4.78, 5) is 0. The molecule has 0 saturated heterocycles. The maximum atomic E-state index is 9.99. The largest absolute Gasteiger partial charge is 0.491 e. The number of benzene rings is 1. The molecule has 1 aliphatic carbocycles. The minimum Gasteiger partial charge on any atom is -0.491 e. The summed E-state index contributed by atoms with van der Waals surface area (Å²) >= 11 is 0. The van der Waals surface area contributed by atoms with Gasteiger partial charge in [-0.15, -0.1) is 0 Å². The smallest absolute Gasteiger partial charge is 0.119 e. The Morgan fingerprint density at radius 3 is 2.48 bits per heavy atom. The van der Waals surface area contributed by atoms with Crippen molar-refractivity contribution in [1.29, 1.82) is 0 Å². The third kappa shape index (κ3) is 6.06. The summed E-state index contributed by atoms with van der Waals surface area (Å²) in [6.45, 7) is 6.10. The van der Waals surface area contributed by atoms with Crippen LogP contribution in [0.3, 0.4) is 0 Å². The highest BCUT2D eigenvalue weighted by Crippen LogP contribution is 2.22. The fraction of sp³-hybridized carbons (Fsp3) is 0.667.